The fourth-order valence-corrected chi connectivity index (χ4v) is 4.02. The molecule has 180 valence electrons. The summed E-state index contributed by atoms with van der Waals surface area (Å²) < 4.78 is 66.1. The second kappa shape index (κ2) is 10.5. The summed E-state index contributed by atoms with van der Waals surface area (Å²) in [6.45, 7) is 3.25. The molecule has 1 aliphatic carbocycles. The number of halogens is 4. The molecule has 0 radical (unpaired) electrons. The van der Waals surface area contributed by atoms with Crippen molar-refractivity contribution >= 4 is 17.3 Å². The summed E-state index contributed by atoms with van der Waals surface area (Å²) in [4.78, 5) is 10.3. The molecule has 1 N–H and O–H groups in total. The highest BCUT2D eigenvalue weighted by Gasteiger charge is 2.35. The first-order valence-corrected chi connectivity index (χ1v) is 11.0. The van der Waals surface area contributed by atoms with Gasteiger partial charge in [-0.05, 0) is 55.9 Å². The topological polar surface area (TPSA) is 68.7 Å². The molecular formula is C22H26F4N4O3. The number of nitrogens with one attached hydrogen (secondary N) is 1. The van der Waals surface area contributed by atoms with Gasteiger partial charge in [-0.2, -0.15) is 9.37 Å². The van der Waals surface area contributed by atoms with Crippen LogP contribution >= 0.6 is 0 Å². The van der Waals surface area contributed by atoms with Crippen LogP contribution < -0.4 is 15.0 Å². The van der Waals surface area contributed by atoms with Crippen LogP contribution in [0.2, 0.25) is 0 Å². The molecule has 1 aromatic heterocycles. The lowest BCUT2D eigenvalue weighted by Crippen LogP contribution is -2.36. The van der Waals surface area contributed by atoms with E-state index >= 15 is 0 Å². The number of benzene rings is 1. The number of nitrogens with zero attached hydrogens (tertiary/aromatic N) is 3. The van der Waals surface area contributed by atoms with Crippen LogP contribution in [0, 0.1) is 11.7 Å². The second-order valence-electron chi connectivity index (χ2n) is 8.14. The van der Waals surface area contributed by atoms with E-state index in [9.17, 15) is 17.6 Å². The summed E-state index contributed by atoms with van der Waals surface area (Å²) >= 11 is 0. The number of alkyl halides is 3. The van der Waals surface area contributed by atoms with Crippen molar-refractivity contribution in [1.82, 2.24) is 9.97 Å². The first-order valence-electron chi connectivity index (χ1n) is 11.0. The zero-order chi connectivity index (χ0) is 23.3. The van der Waals surface area contributed by atoms with Crippen LogP contribution in [0.1, 0.15) is 25.7 Å². The predicted octanol–water partition coefficient (Wildman–Crippen LogP) is 4.67. The quantitative estimate of drug-likeness (QED) is 0.590. The van der Waals surface area contributed by atoms with Crippen molar-refractivity contribution in [2.75, 3.05) is 43.1 Å². The maximum atomic E-state index is 14.1. The highest BCUT2D eigenvalue weighted by atomic mass is 19.4. The van der Waals surface area contributed by atoms with Gasteiger partial charge >= 0.3 is 6.36 Å². The third-order valence-corrected chi connectivity index (χ3v) is 5.76. The van der Waals surface area contributed by atoms with Gasteiger partial charge in [0.15, 0.2) is 0 Å². The van der Waals surface area contributed by atoms with Gasteiger partial charge in [0.1, 0.15) is 0 Å². The lowest BCUT2D eigenvalue weighted by atomic mass is 9.88. The standard InChI is InChI=1S/C22H26F4N4O3/c23-19-13-27-21(28-16-3-5-17(6-4-16)30-9-11-31-12-10-30)29-20(19)32-14-15-1-7-18(8-2-15)33-22(24,25)26/h3-6,13,15,18H,1-2,7-12,14H2,(H,27,28,29). The molecule has 0 amide bonds. The van der Waals surface area contributed by atoms with E-state index in [2.05, 4.69) is 24.9 Å². The van der Waals surface area contributed by atoms with Crippen molar-refractivity contribution in [3.63, 3.8) is 0 Å². The van der Waals surface area contributed by atoms with Crippen LogP contribution in [0.25, 0.3) is 0 Å². The smallest absolute Gasteiger partial charge is 0.475 e. The van der Waals surface area contributed by atoms with Crippen LogP contribution in [0.4, 0.5) is 34.9 Å². The van der Waals surface area contributed by atoms with Gasteiger partial charge in [-0.15, -0.1) is 13.2 Å². The maximum Gasteiger partial charge on any atom is 0.522 e. The first-order chi connectivity index (χ1) is 15.9. The fraction of sp³-hybridized carbons (Fsp3) is 0.545. The van der Waals surface area contributed by atoms with Crippen LogP contribution in [0.3, 0.4) is 0 Å². The van der Waals surface area contributed by atoms with Crippen molar-refractivity contribution < 1.29 is 31.8 Å². The summed E-state index contributed by atoms with van der Waals surface area (Å²) in [6.07, 6.45) is -2.84. The molecule has 4 rings (SSSR count). The number of rotatable bonds is 7. The minimum absolute atomic E-state index is 0.0107. The monoisotopic (exact) mass is 470 g/mol. The molecule has 7 nitrogen and oxygen atoms in total. The molecule has 2 heterocycles. The minimum atomic E-state index is -4.62. The molecule has 0 unspecified atom stereocenters. The van der Waals surface area contributed by atoms with Crippen LogP contribution in [0.5, 0.6) is 5.88 Å². The number of anilines is 3. The van der Waals surface area contributed by atoms with E-state index in [-0.39, 0.29) is 37.2 Å². The molecule has 2 aliphatic rings. The highest BCUT2D eigenvalue weighted by molar-refractivity contribution is 5.59. The Morgan fingerprint density at radius 3 is 2.42 bits per heavy atom. The first kappa shape index (κ1) is 23.5. The van der Waals surface area contributed by atoms with Gasteiger partial charge in [0.2, 0.25) is 11.8 Å². The third-order valence-electron chi connectivity index (χ3n) is 5.76. The Hall–Kier alpha value is -2.66. The summed E-state index contributed by atoms with van der Waals surface area (Å²) in [5.41, 5.74) is 1.83. The molecule has 11 heteroatoms. The van der Waals surface area contributed by atoms with E-state index in [1.807, 2.05) is 24.3 Å². The van der Waals surface area contributed by atoms with Crippen molar-refractivity contribution in [2.45, 2.75) is 38.1 Å². The lowest BCUT2D eigenvalue weighted by molar-refractivity contribution is -0.345. The van der Waals surface area contributed by atoms with E-state index in [4.69, 9.17) is 9.47 Å². The molecule has 2 aromatic rings. The average Bonchev–Trinajstić information content (AvgIpc) is 2.80. The highest BCUT2D eigenvalue weighted by Crippen LogP contribution is 2.31. The average molecular weight is 470 g/mol. The van der Waals surface area contributed by atoms with Crippen molar-refractivity contribution in [3.05, 3.63) is 36.3 Å². The normalized spacial score (nSPS) is 21.6. The number of aromatic nitrogens is 2. The molecule has 1 saturated carbocycles. The lowest BCUT2D eigenvalue weighted by Gasteiger charge is -2.29. The Kier molecular flexibility index (Phi) is 7.49. The minimum Gasteiger partial charge on any atom is -0.475 e. The summed E-state index contributed by atoms with van der Waals surface area (Å²) in [6, 6.07) is 7.74. The molecule has 0 atom stereocenters. The number of morpholine rings is 1. The van der Waals surface area contributed by atoms with Crippen molar-refractivity contribution in [1.29, 1.82) is 0 Å². The van der Waals surface area contributed by atoms with Crippen LogP contribution in [0.15, 0.2) is 30.5 Å². The Morgan fingerprint density at radius 2 is 1.76 bits per heavy atom. The molecule has 0 spiro atoms. The van der Waals surface area contributed by atoms with Gasteiger partial charge in [-0.25, -0.2) is 4.98 Å². The SMILES string of the molecule is Fc1cnc(Nc2ccc(N3CCOCC3)cc2)nc1OCC1CCC(OC(F)(F)F)CC1. The zero-order valence-corrected chi connectivity index (χ0v) is 18.0. The van der Waals surface area contributed by atoms with Crippen molar-refractivity contribution in [3.8, 4) is 5.88 Å². The molecule has 33 heavy (non-hydrogen) atoms. The van der Waals surface area contributed by atoms with Crippen LogP contribution in [-0.4, -0.2) is 55.3 Å². The Labute approximate surface area is 189 Å². The Balaban J connectivity index is 1.29. The number of hydrogen-bond acceptors (Lipinski definition) is 7. The molecule has 1 aromatic carbocycles. The van der Waals surface area contributed by atoms with E-state index < -0.39 is 18.3 Å². The summed E-state index contributed by atoms with van der Waals surface area (Å²) in [5.74, 6) is -0.687. The van der Waals surface area contributed by atoms with Gasteiger partial charge in [0.05, 0.1) is 32.1 Å². The number of ether oxygens (including phenoxy) is 3. The van der Waals surface area contributed by atoms with Gasteiger partial charge in [-0.3, -0.25) is 4.74 Å². The van der Waals surface area contributed by atoms with Gasteiger partial charge in [0, 0.05) is 24.5 Å². The van der Waals surface area contributed by atoms with Gasteiger partial charge < -0.3 is 19.7 Å². The van der Waals surface area contributed by atoms with Crippen molar-refractivity contribution in [2.24, 2.45) is 5.92 Å². The molecular weight excluding hydrogens is 444 g/mol. The molecule has 1 aliphatic heterocycles. The van der Waals surface area contributed by atoms with E-state index in [1.54, 1.807) is 0 Å². The second-order valence-corrected chi connectivity index (χ2v) is 8.14. The van der Waals surface area contributed by atoms with E-state index in [1.165, 1.54) is 0 Å². The molecule has 1 saturated heterocycles. The van der Waals surface area contributed by atoms with E-state index in [0.717, 1.165) is 30.7 Å². The number of hydrogen-bond donors (Lipinski definition) is 1. The largest absolute Gasteiger partial charge is 0.522 e. The summed E-state index contributed by atoms with van der Waals surface area (Å²) in [7, 11) is 0. The molecule has 0 bridgehead atoms. The fourth-order valence-electron chi connectivity index (χ4n) is 4.02. The zero-order valence-electron chi connectivity index (χ0n) is 18.0. The predicted molar refractivity (Wildman–Crippen MR) is 113 cm³/mol. The summed E-state index contributed by atoms with van der Waals surface area (Å²) in [5, 5.41) is 3.03. The van der Waals surface area contributed by atoms with Crippen LogP contribution in [-0.2, 0) is 9.47 Å². The maximum absolute atomic E-state index is 14.1. The molecule has 2 fully saturated rings. The van der Waals surface area contributed by atoms with E-state index in [0.29, 0.717) is 26.1 Å². The Morgan fingerprint density at radius 1 is 1.06 bits per heavy atom. The Bertz CT molecular complexity index is 900. The van der Waals surface area contributed by atoms with Gasteiger partial charge in [-0.1, -0.05) is 0 Å². The third kappa shape index (κ3) is 6.91. The van der Waals surface area contributed by atoms with Gasteiger partial charge in [0.25, 0.3) is 5.88 Å².